The highest BCUT2D eigenvalue weighted by Gasteiger charge is 2.29. The fourth-order valence-electron chi connectivity index (χ4n) is 2.68. The number of imidazole rings is 1. The molecule has 1 aliphatic heterocycles. The van der Waals surface area contributed by atoms with E-state index < -0.39 is 5.97 Å². The molecule has 1 amide bonds. The first-order chi connectivity index (χ1) is 10.6. The highest BCUT2D eigenvalue weighted by molar-refractivity contribution is 7.99. The van der Waals surface area contributed by atoms with Crippen molar-refractivity contribution < 1.29 is 14.7 Å². The van der Waals surface area contributed by atoms with Gasteiger partial charge in [-0.05, 0) is 12.1 Å². The van der Waals surface area contributed by atoms with Gasteiger partial charge in [0.2, 0.25) is 5.91 Å². The molecule has 116 valence electrons. The lowest BCUT2D eigenvalue weighted by Gasteiger charge is -2.34. The summed E-state index contributed by atoms with van der Waals surface area (Å²) in [5, 5.41) is 8.99. The van der Waals surface area contributed by atoms with Crippen molar-refractivity contribution in [2.75, 3.05) is 18.1 Å². The van der Waals surface area contributed by atoms with Crippen LogP contribution in [0.15, 0.2) is 30.6 Å². The number of thioether (sulfide) groups is 1. The Morgan fingerprint density at radius 1 is 1.41 bits per heavy atom. The molecule has 1 fully saturated rings. The predicted molar refractivity (Wildman–Crippen MR) is 84.0 cm³/mol. The van der Waals surface area contributed by atoms with Crippen LogP contribution in [0.1, 0.15) is 12.1 Å². The summed E-state index contributed by atoms with van der Waals surface area (Å²) in [6.45, 7) is 0.606. The third-order valence-electron chi connectivity index (χ3n) is 3.70. The van der Waals surface area contributed by atoms with Crippen LogP contribution in [-0.2, 0) is 16.0 Å². The van der Waals surface area contributed by atoms with Crippen LogP contribution in [-0.4, -0.2) is 55.4 Å². The van der Waals surface area contributed by atoms with E-state index in [0.717, 1.165) is 11.4 Å². The lowest BCUT2D eigenvalue weighted by Crippen LogP contribution is -2.47. The van der Waals surface area contributed by atoms with Crippen molar-refractivity contribution in [1.29, 1.82) is 0 Å². The number of carbonyl (C=O) groups is 2. The minimum atomic E-state index is -0.863. The normalized spacial score (nSPS) is 18.5. The van der Waals surface area contributed by atoms with Gasteiger partial charge in [0.1, 0.15) is 5.65 Å². The topological polar surface area (TPSA) is 74.9 Å². The highest BCUT2D eigenvalue weighted by Crippen LogP contribution is 2.20. The number of carboxylic acids is 1. The van der Waals surface area contributed by atoms with Crippen molar-refractivity contribution in [2.45, 2.75) is 18.9 Å². The Bertz CT molecular complexity index is 667. The van der Waals surface area contributed by atoms with Crippen molar-refractivity contribution in [1.82, 2.24) is 14.3 Å². The van der Waals surface area contributed by atoms with E-state index >= 15 is 0 Å². The number of aromatic nitrogens is 2. The van der Waals surface area contributed by atoms with Crippen LogP contribution in [0.3, 0.4) is 0 Å². The molecule has 0 bridgehead atoms. The molecule has 3 heterocycles. The Morgan fingerprint density at radius 2 is 2.27 bits per heavy atom. The van der Waals surface area contributed by atoms with Crippen molar-refractivity contribution in [3.05, 3.63) is 36.3 Å². The van der Waals surface area contributed by atoms with Gasteiger partial charge in [0.25, 0.3) is 0 Å². The molecule has 2 aromatic rings. The molecule has 6 nitrogen and oxygen atoms in total. The summed E-state index contributed by atoms with van der Waals surface area (Å²) in [6, 6.07) is 5.48. The quantitative estimate of drug-likeness (QED) is 0.919. The summed E-state index contributed by atoms with van der Waals surface area (Å²) in [5.41, 5.74) is 1.52. The predicted octanol–water partition coefficient (Wildman–Crippen LogP) is 1.30. The molecule has 0 saturated carbocycles. The Labute approximate surface area is 132 Å². The summed E-state index contributed by atoms with van der Waals surface area (Å²) in [7, 11) is 0. The first kappa shape index (κ1) is 14.9. The van der Waals surface area contributed by atoms with Gasteiger partial charge in [-0.3, -0.25) is 9.59 Å². The number of carbonyl (C=O) groups excluding carboxylic acids is 1. The van der Waals surface area contributed by atoms with Crippen LogP contribution in [0.2, 0.25) is 0 Å². The smallest absolute Gasteiger partial charge is 0.305 e. The Hall–Kier alpha value is -2.02. The standard InChI is InChI=1S/C15H17N3O3S/c19-14(18-5-6-22-10-12(18)8-15(20)21)7-11-9-17-4-2-1-3-13(17)16-11/h1-4,9,12H,5-8,10H2,(H,20,21). The van der Waals surface area contributed by atoms with Crippen LogP contribution < -0.4 is 0 Å². The lowest BCUT2D eigenvalue weighted by molar-refractivity contribution is -0.140. The average molecular weight is 319 g/mol. The zero-order chi connectivity index (χ0) is 15.5. The molecule has 0 aromatic carbocycles. The molecule has 0 radical (unpaired) electrons. The Morgan fingerprint density at radius 3 is 3.05 bits per heavy atom. The van der Waals surface area contributed by atoms with E-state index in [9.17, 15) is 9.59 Å². The minimum Gasteiger partial charge on any atom is -0.481 e. The molecule has 1 aliphatic rings. The number of aliphatic carboxylic acids is 1. The van der Waals surface area contributed by atoms with E-state index in [1.165, 1.54) is 0 Å². The Kier molecular flexibility index (Phi) is 4.33. The zero-order valence-electron chi connectivity index (χ0n) is 12.0. The van der Waals surface area contributed by atoms with E-state index in [1.54, 1.807) is 16.7 Å². The number of carboxylic acid groups (broad SMARTS) is 1. The first-order valence-electron chi connectivity index (χ1n) is 7.15. The molecule has 1 atom stereocenters. The molecule has 0 aliphatic carbocycles. The minimum absolute atomic E-state index is 0.00388. The molecule has 1 saturated heterocycles. The van der Waals surface area contributed by atoms with Gasteiger partial charge in [-0.15, -0.1) is 0 Å². The largest absolute Gasteiger partial charge is 0.481 e. The van der Waals surface area contributed by atoms with Crippen molar-refractivity contribution in [3.8, 4) is 0 Å². The maximum atomic E-state index is 12.5. The lowest BCUT2D eigenvalue weighted by atomic mass is 10.1. The van der Waals surface area contributed by atoms with Crippen LogP contribution >= 0.6 is 11.8 Å². The van der Waals surface area contributed by atoms with Crippen LogP contribution in [0.5, 0.6) is 0 Å². The molecule has 3 rings (SSSR count). The third-order valence-corrected chi connectivity index (χ3v) is 4.80. The van der Waals surface area contributed by atoms with Crippen LogP contribution in [0.25, 0.3) is 5.65 Å². The first-order valence-corrected chi connectivity index (χ1v) is 8.30. The Balaban J connectivity index is 1.72. The average Bonchev–Trinajstić information content (AvgIpc) is 2.89. The highest BCUT2D eigenvalue weighted by atomic mass is 32.2. The van der Waals surface area contributed by atoms with E-state index in [4.69, 9.17) is 5.11 Å². The van der Waals surface area contributed by atoms with Crippen molar-refractivity contribution >= 4 is 29.3 Å². The zero-order valence-corrected chi connectivity index (χ0v) is 12.8. The summed E-state index contributed by atoms with van der Waals surface area (Å²) in [5.74, 6) is 0.629. The number of amides is 1. The second-order valence-electron chi connectivity index (χ2n) is 5.29. The number of fused-ring (bicyclic) bond motifs is 1. The number of hydrogen-bond acceptors (Lipinski definition) is 4. The van der Waals surface area contributed by atoms with E-state index in [0.29, 0.717) is 18.0 Å². The van der Waals surface area contributed by atoms with E-state index in [2.05, 4.69) is 4.98 Å². The maximum Gasteiger partial charge on any atom is 0.305 e. The maximum absolute atomic E-state index is 12.5. The molecule has 0 spiro atoms. The van der Waals surface area contributed by atoms with Gasteiger partial charge in [0.05, 0.1) is 24.6 Å². The fraction of sp³-hybridized carbons (Fsp3) is 0.400. The molecule has 1 N–H and O–H groups in total. The number of hydrogen-bond donors (Lipinski definition) is 1. The van der Waals surface area contributed by atoms with Gasteiger partial charge in [-0.1, -0.05) is 6.07 Å². The van der Waals surface area contributed by atoms with E-state index in [-0.39, 0.29) is 24.8 Å². The van der Waals surface area contributed by atoms with Gasteiger partial charge >= 0.3 is 5.97 Å². The van der Waals surface area contributed by atoms with Gasteiger partial charge in [0.15, 0.2) is 0 Å². The third kappa shape index (κ3) is 3.24. The molecule has 22 heavy (non-hydrogen) atoms. The molecule has 1 unspecified atom stereocenters. The molecule has 2 aromatic heterocycles. The second kappa shape index (κ2) is 6.39. The summed E-state index contributed by atoms with van der Waals surface area (Å²) in [6.07, 6.45) is 3.95. The summed E-state index contributed by atoms with van der Waals surface area (Å²) >= 11 is 1.70. The van der Waals surface area contributed by atoms with Gasteiger partial charge in [0, 0.05) is 30.4 Å². The molecule has 7 heteroatoms. The second-order valence-corrected chi connectivity index (χ2v) is 6.44. The van der Waals surface area contributed by atoms with Gasteiger partial charge < -0.3 is 14.4 Å². The van der Waals surface area contributed by atoms with Crippen LogP contribution in [0.4, 0.5) is 0 Å². The number of pyridine rings is 1. The molecular formula is C15H17N3O3S. The van der Waals surface area contributed by atoms with Crippen molar-refractivity contribution in [3.63, 3.8) is 0 Å². The summed E-state index contributed by atoms with van der Waals surface area (Å²) in [4.78, 5) is 29.6. The summed E-state index contributed by atoms with van der Waals surface area (Å²) < 4.78 is 1.88. The van der Waals surface area contributed by atoms with E-state index in [1.807, 2.05) is 35.0 Å². The number of nitrogens with zero attached hydrogens (tertiary/aromatic N) is 3. The van der Waals surface area contributed by atoms with Crippen molar-refractivity contribution in [2.24, 2.45) is 0 Å². The number of rotatable bonds is 4. The monoisotopic (exact) mass is 319 g/mol. The molecular weight excluding hydrogens is 302 g/mol. The SMILES string of the molecule is O=C(O)CC1CSCCN1C(=O)Cc1cn2ccccc2n1. The van der Waals surface area contributed by atoms with Crippen LogP contribution in [0, 0.1) is 0 Å². The fourth-order valence-corrected chi connectivity index (χ4v) is 3.75. The van der Waals surface area contributed by atoms with Gasteiger partial charge in [-0.2, -0.15) is 11.8 Å². The van der Waals surface area contributed by atoms with Gasteiger partial charge in [-0.25, -0.2) is 4.98 Å².